The Bertz CT molecular complexity index is 361. The molecule has 0 spiro atoms. The third kappa shape index (κ3) is 4.27. The summed E-state index contributed by atoms with van der Waals surface area (Å²) in [5, 5.41) is 3.42. The van der Waals surface area contributed by atoms with Crippen molar-refractivity contribution >= 4 is 5.69 Å². The Balaban J connectivity index is 2.63. The second-order valence-electron chi connectivity index (χ2n) is 4.71. The van der Waals surface area contributed by atoms with Crippen LogP contribution in [0.1, 0.15) is 30.9 Å². The quantitative estimate of drug-likeness (QED) is 0.747. The smallest absolute Gasteiger partial charge is 0.144 e. The summed E-state index contributed by atoms with van der Waals surface area (Å²) < 4.78 is 5.42. The number of rotatable bonds is 6. The Morgan fingerprint density at radius 1 is 1.35 bits per heavy atom. The first-order chi connectivity index (χ1) is 8.04. The highest BCUT2D eigenvalue weighted by Crippen LogP contribution is 2.29. The predicted octanol–water partition coefficient (Wildman–Crippen LogP) is 2.85. The van der Waals surface area contributed by atoms with Gasteiger partial charge >= 0.3 is 0 Å². The molecule has 0 aliphatic rings. The van der Waals surface area contributed by atoms with Gasteiger partial charge in [0.2, 0.25) is 0 Å². The number of aryl methyl sites for hydroxylation is 2. The molecule has 1 unspecified atom stereocenters. The lowest BCUT2D eigenvalue weighted by Gasteiger charge is -2.15. The molecule has 1 atom stereocenters. The predicted molar refractivity (Wildman–Crippen MR) is 73.8 cm³/mol. The molecule has 96 valence electrons. The molecule has 0 aliphatic carbocycles. The third-order valence-electron chi connectivity index (χ3n) is 2.77. The number of methoxy groups -OCH3 is 1. The van der Waals surface area contributed by atoms with Gasteiger partial charge in [-0.05, 0) is 50.8 Å². The fourth-order valence-corrected chi connectivity index (χ4v) is 2.00. The van der Waals surface area contributed by atoms with Gasteiger partial charge in [0, 0.05) is 12.6 Å². The molecular formula is C14H24N2O. The number of nitrogens with two attached hydrogens (primary N) is 1. The molecule has 3 N–H and O–H groups in total. The van der Waals surface area contributed by atoms with Crippen molar-refractivity contribution in [1.29, 1.82) is 0 Å². The Kier molecular flexibility index (Phi) is 5.29. The average Bonchev–Trinajstić information content (AvgIpc) is 2.23. The van der Waals surface area contributed by atoms with Crippen molar-refractivity contribution in [2.75, 3.05) is 19.0 Å². The molecule has 0 radical (unpaired) electrons. The van der Waals surface area contributed by atoms with E-state index in [0.717, 1.165) is 30.8 Å². The van der Waals surface area contributed by atoms with Crippen LogP contribution >= 0.6 is 0 Å². The number of nitrogens with one attached hydrogen (secondary N) is 1. The molecule has 3 heteroatoms. The van der Waals surface area contributed by atoms with Crippen molar-refractivity contribution in [3.63, 3.8) is 0 Å². The number of hydrogen-bond donors (Lipinski definition) is 2. The monoisotopic (exact) mass is 236 g/mol. The topological polar surface area (TPSA) is 47.3 Å². The number of ether oxygens (including phenoxy) is 1. The van der Waals surface area contributed by atoms with Crippen molar-refractivity contribution in [2.24, 2.45) is 5.73 Å². The highest BCUT2D eigenvalue weighted by atomic mass is 16.5. The zero-order chi connectivity index (χ0) is 12.8. The molecule has 3 nitrogen and oxygen atoms in total. The zero-order valence-corrected chi connectivity index (χ0v) is 11.3. The van der Waals surface area contributed by atoms with Gasteiger partial charge in [0.25, 0.3) is 0 Å². The van der Waals surface area contributed by atoms with E-state index in [1.165, 1.54) is 11.1 Å². The first kappa shape index (κ1) is 13.8. The van der Waals surface area contributed by atoms with E-state index in [1.54, 1.807) is 7.11 Å². The molecule has 0 amide bonds. The minimum absolute atomic E-state index is 0.276. The Hall–Kier alpha value is -1.22. The van der Waals surface area contributed by atoms with E-state index in [-0.39, 0.29) is 6.04 Å². The minimum atomic E-state index is 0.276. The SMILES string of the molecule is COc1c(C)cc(C)cc1NCCCC(C)N. The van der Waals surface area contributed by atoms with Crippen LogP contribution in [0.25, 0.3) is 0 Å². The maximum atomic E-state index is 5.72. The molecule has 0 saturated heterocycles. The molecule has 17 heavy (non-hydrogen) atoms. The van der Waals surface area contributed by atoms with E-state index in [9.17, 15) is 0 Å². The van der Waals surface area contributed by atoms with Gasteiger partial charge in [-0.2, -0.15) is 0 Å². The van der Waals surface area contributed by atoms with Gasteiger partial charge in [-0.1, -0.05) is 6.07 Å². The van der Waals surface area contributed by atoms with Gasteiger partial charge in [-0.3, -0.25) is 0 Å². The molecule has 1 aromatic rings. The second kappa shape index (κ2) is 6.50. The summed E-state index contributed by atoms with van der Waals surface area (Å²) in [6.07, 6.45) is 2.12. The van der Waals surface area contributed by atoms with Gasteiger partial charge in [0.05, 0.1) is 12.8 Å². The molecule has 1 rings (SSSR count). The number of benzene rings is 1. The second-order valence-corrected chi connectivity index (χ2v) is 4.71. The van der Waals surface area contributed by atoms with Crippen LogP contribution in [-0.2, 0) is 0 Å². The van der Waals surface area contributed by atoms with Crippen LogP contribution in [0.2, 0.25) is 0 Å². The van der Waals surface area contributed by atoms with Crippen LogP contribution in [0.15, 0.2) is 12.1 Å². The van der Waals surface area contributed by atoms with E-state index < -0.39 is 0 Å². The number of hydrogen-bond acceptors (Lipinski definition) is 3. The molecule has 0 aliphatic heterocycles. The van der Waals surface area contributed by atoms with Gasteiger partial charge in [-0.25, -0.2) is 0 Å². The molecular weight excluding hydrogens is 212 g/mol. The first-order valence-electron chi connectivity index (χ1n) is 6.19. The largest absolute Gasteiger partial charge is 0.494 e. The summed E-state index contributed by atoms with van der Waals surface area (Å²) in [5.74, 6) is 0.941. The Labute approximate surface area is 104 Å². The van der Waals surface area contributed by atoms with Gasteiger partial charge < -0.3 is 15.8 Å². The zero-order valence-electron chi connectivity index (χ0n) is 11.3. The molecule has 0 fully saturated rings. The van der Waals surface area contributed by atoms with Crippen LogP contribution in [0.5, 0.6) is 5.75 Å². The van der Waals surface area contributed by atoms with E-state index in [4.69, 9.17) is 10.5 Å². The molecule has 0 bridgehead atoms. The van der Waals surface area contributed by atoms with Crippen molar-refractivity contribution in [1.82, 2.24) is 0 Å². The van der Waals surface area contributed by atoms with E-state index in [0.29, 0.717) is 0 Å². The summed E-state index contributed by atoms with van der Waals surface area (Å²) in [6, 6.07) is 4.53. The summed E-state index contributed by atoms with van der Waals surface area (Å²) in [4.78, 5) is 0. The van der Waals surface area contributed by atoms with E-state index in [1.807, 2.05) is 6.92 Å². The standard InChI is InChI=1S/C14H24N2O/c1-10-8-11(2)14(17-4)13(9-10)16-7-5-6-12(3)15/h8-9,12,16H,5-7,15H2,1-4H3. The molecule has 0 saturated carbocycles. The molecule has 1 aromatic carbocycles. The molecule has 0 aromatic heterocycles. The maximum Gasteiger partial charge on any atom is 0.144 e. The first-order valence-corrected chi connectivity index (χ1v) is 6.19. The number of anilines is 1. The van der Waals surface area contributed by atoms with Crippen LogP contribution in [0, 0.1) is 13.8 Å². The van der Waals surface area contributed by atoms with Crippen molar-refractivity contribution < 1.29 is 4.74 Å². The van der Waals surface area contributed by atoms with E-state index in [2.05, 4.69) is 31.3 Å². The van der Waals surface area contributed by atoms with Crippen LogP contribution in [-0.4, -0.2) is 19.7 Å². The summed E-state index contributed by atoms with van der Waals surface area (Å²) in [7, 11) is 1.71. The fraction of sp³-hybridized carbons (Fsp3) is 0.571. The average molecular weight is 236 g/mol. The van der Waals surface area contributed by atoms with E-state index >= 15 is 0 Å². The van der Waals surface area contributed by atoms with Crippen LogP contribution in [0.4, 0.5) is 5.69 Å². The van der Waals surface area contributed by atoms with Crippen molar-refractivity contribution in [2.45, 2.75) is 39.7 Å². The summed E-state index contributed by atoms with van der Waals surface area (Å²) in [6.45, 7) is 7.14. The highest BCUT2D eigenvalue weighted by molar-refractivity contribution is 5.61. The van der Waals surface area contributed by atoms with Crippen LogP contribution < -0.4 is 15.8 Å². The fourth-order valence-electron chi connectivity index (χ4n) is 2.00. The van der Waals surface area contributed by atoms with Gasteiger partial charge in [0.1, 0.15) is 5.75 Å². The maximum absolute atomic E-state index is 5.72. The van der Waals surface area contributed by atoms with Crippen molar-refractivity contribution in [3.05, 3.63) is 23.3 Å². The van der Waals surface area contributed by atoms with Crippen LogP contribution in [0.3, 0.4) is 0 Å². The summed E-state index contributed by atoms with van der Waals surface area (Å²) >= 11 is 0. The lowest BCUT2D eigenvalue weighted by atomic mass is 10.1. The van der Waals surface area contributed by atoms with Gasteiger partial charge in [-0.15, -0.1) is 0 Å². The van der Waals surface area contributed by atoms with Crippen molar-refractivity contribution in [3.8, 4) is 5.75 Å². The normalized spacial score (nSPS) is 12.3. The Morgan fingerprint density at radius 2 is 2.06 bits per heavy atom. The minimum Gasteiger partial charge on any atom is -0.494 e. The third-order valence-corrected chi connectivity index (χ3v) is 2.77. The molecule has 0 heterocycles. The lowest BCUT2D eigenvalue weighted by molar-refractivity contribution is 0.413. The highest BCUT2D eigenvalue weighted by Gasteiger charge is 2.06. The van der Waals surface area contributed by atoms with Gasteiger partial charge in [0.15, 0.2) is 0 Å². The lowest BCUT2D eigenvalue weighted by Crippen LogP contribution is -2.16. The Morgan fingerprint density at radius 3 is 2.65 bits per heavy atom. The summed E-state index contributed by atoms with van der Waals surface area (Å²) in [5.41, 5.74) is 9.22.